The first kappa shape index (κ1) is 19.0. The van der Waals surface area contributed by atoms with Crippen molar-refractivity contribution in [1.29, 1.82) is 0 Å². The van der Waals surface area contributed by atoms with Gasteiger partial charge >= 0.3 is 5.69 Å². The van der Waals surface area contributed by atoms with Gasteiger partial charge in [-0.1, -0.05) is 12.1 Å². The Morgan fingerprint density at radius 1 is 1.07 bits per heavy atom. The van der Waals surface area contributed by atoms with Crippen LogP contribution in [-0.4, -0.2) is 28.5 Å². The van der Waals surface area contributed by atoms with E-state index in [1.54, 1.807) is 25.1 Å². The minimum absolute atomic E-state index is 0.281. The second-order valence-electron chi connectivity index (χ2n) is 7.26. The van der Waals surface area contributed by atoms with Crippen molar-refractivity contribution in [2.24, 2.45) is 0 Å². The standard InChI is InChI=1S/C22H24N4O3/c1-2-26-21(28)16-11-10-15(14-18(16)24-22(26)29)20(27)23-17-8-4-5-9-19(17)25-12-6-3-7-13-25/h4-5,8-11,14H,2-3,6-7,12-13H2,1H3,(H,23,27)(H,24,29). The van der Waals surface area contributed by atoms with Crippen molar-refractivity contribution in [3.8, 4) is 0 Å². The molecule has 29 heavy (non-hydrogen) atoms. The second-order valence-corrected chi connectivity index (χ2v) is 7.26. The maximum atomic E-state index is 12.9. The van der Waals surface area contributed by atoms with Crippen LogP contribution in [-0.2, 0) is 6.54 Å². The maximum Gasteiger partial charge on any atom is 0.328 e. The van der Waals surface area contributed by atoms with Crippen molar-refractivity contribution in [1.82, 2.24) is 9.55 Å². The molecule has 1 saturated heterocycles. The number of anilines is 2. The Morgan fingerprint density at radius 3 is 2.59 bits per heavy atom. The Balaban J connectivity index is 1.65. The number of nitrogens with zero attached hydrogens (tertiary/aromatic N) is 2. The fraction of sp³-hybridized carbons (Fsp3) is 0.318. The highest BCUT2D eigenvalue weighted by molar-refractivity contribution is 6.07. The molecule has 7 nitrogen and oxygen atoms in total. The zero-order chi connectivity index (χ0) is 20.4. The van der Waals surface area contributed by atoms with Gasteiger partial charge in [-0.25, -0.2) is 4.79 Å². The van der Waals surface area contributed by atoms with E-state index in [-0.39, 0.29) is 11.5 Å². The molecule has 1 aliphatic heterocycles. The molecule has 0 spiro atoms. The maximum absolute atomic E-state index is 12.9. The van der Waals surface area contributed by atoms with Gasteiger partial charge < -0.3 is 15.2 Å². The van der Waals surface area contributed by atoms with Gasteiger partial charge in [0.05, 0.1) is 22.3 Å². The molecule has 3 aromatic rings. The molecule has 4 rings (SSSR count). The van der Waals surface area contributed by atoms with Crippen molar-refractivity contribution < 1.29 is 4.79 Å². The average Bonchev–Trinajstić information content (AvgIpc) is 2.74. The third-order valence-electron chi connectivity index (χ3n) is 5.41. The number of piperidine rings is 1. The number of hydrogen-bond donors (Lipinski definition) is 2. The van der Waals surface area contributed by atoms with Crippen LogP contribution < -0.4 is 21.5 Å². The first-order valence-corrected chi connectivity index (χ1v) is 10.0. The summed E-state index contributed by atoms with van der Waals surface area (Å²) in [6.45, 7) is 3.99. The summed E-state index contributed by atoms with van der Waals surface area (Å²) < 4.78 is 1.14. The summed E-state index contributed by atoms with van der Waals surface area (Å²) in [7, 11) is 0. The van der Waals surface area contributed by atoms with E-state index in [1.807, 2.05) is 24.3 Å². The van der Waals surface area contributed by atoms with Crippen LogP contribution in [0, 0.1) is 0 Å². The molecule has 0 atom stereocenters. The highest BCUT2D eigenvalue weighted by atomic mass is 16.2. The normalized spacial score (nSPS) is 14.2. The van der Waals surface area contributed by atoms with Crippen molar-refractivity contribution in [3.63, 3.8) is 0 Å². The molecule has 1 aliphatic rings. The molecule has 0 aliphatic carbocycles. The van der Waals surface area contributed by atoms with Gasteiger partial charge in [0.15, 0.2) is 0 Å². The fourth-order valence-electron chi connectivity index (χ4n) is 3.87. The quantitative estimate of drug-likeness (QED) is 0.715. The van der Waals surface area contributed by atoms with E-state index < -0.39 is 5.69 Å². The summed E-state index contributed by atoms with van der Waals surface area (Å²) in [6, 6.07) is 12.5. The molecule has 150 valence electrons. The van der Waals surface area contributed by atoms with Crippen molar-refractivity contribution in [2.45, 2.75) is 32.7 Å². The Hall–Kier alpha value is -3.35. The third-order valence-corrected chi connectivity index (χ3v) is 5.41. The monoisotopic (exact) mass is 392 g/mol. The van der Waals surface area contributed by atoms with E-state index in [0.717, 1.165) is 41.9 Å². The SMILES string of the molecule is CCn1c(=O)[nH]c2cc(C(=O)Nc3ccccc3N3CCCCC3)ccc2c1=O. The molecule has 0 radical (unpaired) electrons. The van der Waals surface area contributed by atoms with Crippen LogP contribution in [0.5, 0.6) is 0 Å². The van der Waals surface area contributed by atoms with Gasteiger partial charge in [-0.2, -0.15) is 0 Å². The van der Waals surface area contributed by atoms with E-state index in [1.165, 1.54) is 6.42 Å². The number of benzene rings is 2. The summed E-state index contributed by atoms with van der Waals surface area (Å²) in [4.78, 5) is 42.4. The molecule has 1 amide bonds. The number of nitrogens with one attached hydrogen (secondary N) is 2. The highest BCUT2D eigenvalue weighted by Gasteiger charge is 2.17. The van der Waals surface area contributed by atoms with Crippen LogP contribution in [0.25, 0.3) is 10.9 Å². The number of aromatic nitrogens is 2. The Morgan fingerprint density at radius 2 is 1.83 bits per heavy atom. The lowest BCUT2D eigenvalue weighted by Crippen LogP contribution is -2.34. The Bertz CT molecular complexity index is 1170. The lowest BCUT2D eigenvalue weighted by atomic mass is 10.1. The van der Waals surface area contributed by atoms with Gasteiger partial charge in [-0.15, -0.1) is 0 Å². The Labute approximate surface area is 168 Å². The lowest BCUT2D eigenvalue weighted by molar-refractivity contribution is 0.102. The molecular weight excluding hydrogens is 368 g/mol. The fourth-order valence-corrected chi connectivity index (χ4v) is 3.87. The van der Waals surface area contributed by atoms with Gasteiger partial charge in [0.25, 0.3) is 11.5 Å². The molecule has 1 aromatic heterocycles. The van der Waals surface area contributed by atoms with Crippen LogP contribution >= 0.6 is 0 Å². The first-order chi connectivity index (χ1) is 14.1. The van der Waals surface area contributed by atoms with Gasteiger partial charge in [0.2, 0.25) is 0 Å². The van der Waals surface area contributed by atoms with Gasteiger partial charge in [-0.3, -0.25) is 14.2 Å². The van der Waals surface area contributed by atoms with Crippen LogP contribution in [0.2, 0.25) is 0 Å². The summed E-state index contributed by atoms with van der Waals surface area (Å²) >= 11 is 0. The van der Waals surface area contributed by atoms with Crippen LogP contribution in [0.1, 0.15) is 36.5 Å². The molecule has 0 unspecified atom stereocenters. The molecule has 0 saturated carbocycles. The predicted octanol–water partition coefficient (Wildman–Crippen LogP) is 2.95. The number of aromatic amines is 1. The van der Waals surface area contributed by atoms with Crippen molar-refractivity contribution in [3.05, 3.63) is 68.9 Å². The van der Waals surface area contributed by atoms with Crippen LogP contribution in [0.3, 0.4) is 0 Å². The number of carbonyl (C=O) groups is 1. The van der Waals surface area contributed by atoms with Gasteiger partial charge in [0.1, 0.15) is 0 Å². The number of carbonyl (C=O) groups excluding carboxylic acids is 1. The van der Waals surface area contributed by atoms with Gasteiger partial charge in [0, 0.05) is 25.2 Å². The zero-order valence-electron chi connectivity index (χ0n) is 16.4. The predicted molar refractivity (Wildman–Crippen MR) is 115 cm³/mol. The largest absolute Gasteiger partial charge is 0.370 e. The summed E-state index contributed by atoms with van der Waals surface area (Å²) in [5.74, 6) is -0.281. The van der Waals surface area contributed by atoms with E-state index in [2.05, 4.69) is 15.2 Å². The minimum Gasteiger partial charge on any atom is -0.370 e. The first-order valence-electron chi connectivity index (χ1n) is 10.0. The van der Waals surface area contributed by atoms with E-state index in [9.17, 15) is 14.4 Å². The molecule has 1 fully saturated rings. The number of para-hydroxylation sites is 2. The summed E-state index contributed by atoms with van der Waals surface area (Å²) in [5, 5.41) is 3.37. The van der Waals surface area contributed by atoms with Crippen molar-refractivity contribution >= 4 is 28.2 Å². The Kier molecular flexibility index (Phi) is 5.20. The van der Waals surface area contributed by atoms with Gasteiger partial charge in [-0.05, 0) is 56.5 Å². The number of amides is 1. The number of rotatable bonds is 4. The molecule has 2 N–H and O–H groups in total. The van der Waals surface area contributed by atoms with Crippen molar-refractivity contribution in [2.75, 3.05) is 23.3 Å². The number of H-pyrrole nitrogens is 1. The molecule has 7 heteroatoms. The number of fused-ring (bicyclic) bond motifs is 1. The molecular formula is C22H24N4O3. The molecule has 2 heterocycles. The number of hydrogen-bond acceptors (Lipinski definition) is 4. The van der Waals surface area contributed by atoms with E-state index in [4.69, 9.17) is 0 Å². The van der Waals surface area contributed by atoms with Crippen LogP contribution in [0.15, 0.2) is 52.1 Å². The minimum atomic E-state index is -0.474. The second kappa shape index (κ2) is 7.95. The third kappa shape index (κ3) is 3.68. The zero-order valence-corrected chi connectivity index (χ0v) is 16.4. The average molecular weight is 392 g/mol. The van der Waals surface area contributed by atoms with E-state index >= 15 is 0 Å². The smallest absolute Gasteiger partial charge is 0.328 e. The lowest BCUT2D eigenvalue weighted by Gasteiger charge is -2.30. The summed E-state index contributed by atoms with van der Waals surface area (Å²) in [6.07, 6.45) is 3.53. The summed E-state index contributed by atoms with van der Waals surface area (Å²) in [5.41, 5.74) is 1.69. The van der Waals surface area contributed by atoms with Crippen LogP contribution in [0.4, 0.5) is 11.4 Å². The topological polar surface area (TPSA) is 87.2 Å². The van der Waals surface area contributed by atoms with E-state index in [0.29, 0.717) is 23.0 Å². The molecule has 2 aromatic carbocycles. The molecule has 0 bridgehead atoms. The highest BCUT2D eigenvalue weighted by Crippen LogP contribution is 2.28.